The first kappa shape index (κ1) is 21.2. The lowest BCUT2D eigenvalue weighted by Gasteiger charge is -2.12. The summed E-state index contributed by atoms with van der Waals surface area (Å²) in [6.07, 6.45) is 7.66. The van der Waals surface area contributed by atoms with Crippen LogP contribution < -0.4 is 0 Å². The van der Waals surface area contributed by atoms with Crippen molar-refractivity contribution in [3.8, 4) is 11.1 Å². The van der Waals surface area contributed by atoms with Crippen LogP contribution in [0.1, 0.15) is 69.4 Å². The van der Waals surface area contributed by atoms with Crippen LogP contribution in [0.5, 0.6) is 0 Å². The van der Waals surface area contributed by atoms with Crippen LogP contribution in [0.15, 0.2) is 52.9 Å². The maximum atomic E-state index is 15.5. The Morgan fingerprint density at radius 3 is 2.25 bits per heavy atom. The molecule has 0 aliphatic heterocycles. The van der Waals surface area contributed by atoms with E-state index >= 15 is 8.78 Å². The molecule has 32 heavy (non-hydrogen) atoms. The molecule has 166 valence electrons. The van der Waals surface area contributed by atoms with Crippen molar-refractivity contribution in [3.05, 3.63) is 71.3 Å². The summed E-state index contributed by atoms with van der Waals surface area (Å²) in [6.45, 7) is 4.35. The summed E-state index contributed by atoms with van der Waals surface area (Å²) in [5.41, 5.74) is 3.58. The van der Waals surface area contributed by atoms with Gasteiger partial charge in [0.25, 0.3) is 0 Å². The Kier molecular flexibility index (Phi) is 5.75. The summed E-state index contributed by atoms with van der Waals surface area (Å²) in [7, 11) is 0. The van der Waals surface area contributed by atoms with Crippen molar-refractivity contribution in [2.45, 2.75) is 64.7 Å². The topological polar surface area (TPSA) is 13.1 Å². The number of halogens is 2. The molecule has 0 spiro atoms. The van der Waals surface area contributed by atoms with Gasteiger partial charge in [0.15, 0.2) is 22.8 Å². The van der Waals surface area contributed by atoms with Crippen molar-refractivity contribution in [2.75, 3.05) is 0 Å². The van der Waals surface area contributed by atoms with Crippen molar-refractivity contribution in [1.82, 2.24) is 0 Å². The third kappa shape index (κ3) is 3.62. The van der Waals surface area contributed by atoms with E-state index in [9.17, 15) is 0 Å². The maximum Gasteiger partial charge on any atom is 0.174 e. The molecule has 2 unspecified atom stereocenters. The highest BCUT2D eigenvalue weighted by molar-refractivity contribution is 6.06. The van der Waals surface area contributed by atoms with E-state index in [2.05, 4.69) is 13.8 Å². The van der Waals surface area contributed by atoms with Crippen molar-refractivity contribution < 1.29 is 13.2 Å². The number of hydrogen-bond donors (Lipinski definition) is 0. The van der Waals surface area contributed by atoms with Crippen LogP contribution in [0.3, 0.4) is 0 Å². The molecule has 1 aliphatic rings. The molecule has 0 radical (unpaired) electrons. The van der Waals surface area contributed by atoms with Crippen LogP contribution in [0.25, 0.3) is 33.1 Å². The van der Waals surface area contributed by atoms with E-state index < -0.39 is 5.82 Å². The molecule has 1 aliphatic carbocycles. The van der Waals surface area contributed by atoms with Crippen LogP contribution >= 0.6 is 0 Å². The molecule has 5 rings (SSSR count). The standard InChI is InChI=1S/C29H30F2O/c1-3-5-18-7-10-20(11-8-18)22-13-15-24-25-16-14-23(21-12-9-19(17-21)6-4-2)27(31)29(25)32-28(24)26(22)30/h7-8,10-11,13-16,19,21H,3-6,9,12,17H2,1-2H3. The molecule has 0 bridgehead atoms. The minimum absolute atomic E-state index is 0.140. The van der Waals surface area contributed by atoms with E-state index in [0.29, 0.717) is 22.3 Å². The smallest absolute Gasteiger partial charge is 0.174 e. The third-order valence-electron chi connectivity index (χ3n) is 7.20. The molecule has 1 heterocycles. The van der Waals surface area contributed by atoms with E-state index in [1.54, 1.807) is 6.07 Å². The van der Waals surface area contributed by atoms with Crippen molar-refractivity contribution in [1.29, 1.82) is 0 Å². The number of aryl methyl sites for hydroxylation is 1. The second kappa shape index (κ2) is 8.69. The quantitative estimate of drug-likeness (QED) is 0.296. The molecule has 0 N–H and O–H groups in total. The van der Waals surface area contributed by atoms with Crippen LogP contribution in [0.2, 0.25) is 0 Å². The van der Waals surface area contributed by atoms with E-state index in [1.165, 1.54) is 18.4 Å². The van der Waals surface area contributed by atoms with E-state index in [0.717, 1.165) is 43.2 Å². The fourth-order valence-electron chi connectivity index (χ4n) is 5.56. The van der Waals surface area contributed by atoms with E-state index in [1.807, 2.05) is 42.5 Å². The van der Waals surface area contributed by atoms with E-state index in [4.69, 9.17) is 4.42 Å². The molecule has 1 aromatic heterocycles. The summed E-state index contributed by atoms with van der Waals surface area (Å²) in [6, 6.07) is 15.4. The Morgan fingerprint density at radius 1 is 0.812 bits per heavy atom. The predicted octanol–water partition coefficient (Wildman–Crippen LogP) is 9.17. The van der Waals surface area contributed by atoms with Gasteiger partial charge in [-0.3, -0.25) is 0 Å². The minimum atomic E-state index is -0.424. The first-order valence-electron chi connectivity index (χ1n) is 12.0. The summed E-state index contributed by atoms with van der Waals surface area (Å²) in [4.78, 5) is 0. The van der Waals surface area contributed by atoms with Crippen LogP contribution in [-0.2, 0) is 6.42 Å². The first-order chi connectivity index (χ1) is 15.6. The molecular weight excluding hydrogens is 402 g/mol. The zero-order valence-electron chi connectivity index (χ0n) is 18.9. The number of furan rings is 1. The molecule has 0 amide bonds. The normalized spacial score (nSPS) is 18.8. The first-order valence-corrected chi connectivity index (χ1v) is 12.0. The van der Waals surface area contributed by atoms with Gasteiger partial charge >= 0.3 is 0 Å². The summed E-state index contributed by atoms with van der Waals surface area (Å²) in [5.74, 6) is 0.170. The lowest BCUT2D eigenvalue weighted by atomic mass is 9.93. The number of fused-ring (bicyclic) bond motifs is 3. The highest BCUT2D eigenvalue weighted by Gasteiger charge is 2.29. The molecule has 2 atom stereocenters. The second-order valence-electron chi connectivity index (χ2n) is 9.36. The summed E-state index contributed by atoms with van der Waals surface area (Å²) < 4.78 is 36.9. The van der Waals surface area contributed by atoms with Gasteiger partial charge in [0.2, 0.25) is 0 Å². The molecular formula is C29H30F2O. The highest BCUT2D eigenvalue weighted by atomic mass is 19.1. The SMILES string of the molecule is CCCc1ccc(-c2ccc3c(oc4c(F)c(C5CCC(CCC)C5)ccc43)c2F)cc1. The van der Waals surface area contributed by atoms with Gasteiger partial charge in [-0.1, -0.05) is 69.5 Å². The molecule has 4 aromatic rings. The van der Waals surface area contributed by atoms with Crippen LogP contribution in [0.4, 0.5) is 8.78 Å². The second-order valence-corrected chi connectivity index (χ2v) is 9.36. The largest absolute Gasteiger partial charge is 0.450 e. The highest BCUT2D eigenvalue weighted by Crippen LogP contribution is 2.44. The molecule has 3 aromatic carbocycles. The van der Waals surface area contributed by atoms with Gasteiger partial charge < -0.3 is 4.42 Å². The predicted molar refractivity (Wildman–Crippen MR) is 128 cm³/mol. The lowest BCUT2D eigenvalue weighted by molar-refractivity contribution is 0.484. The number of hydrogen-bond acceptors (Lipinski definition) is 1. The monoisotopic (exact) mass is 432 g/mol. The zero-order chi connectivity index (χ0) is 22.2. The average molecular weight is 433 g/mol. The average Bonchev–Trinajstić information content (AvgIpc) is 3.41. The molecule has 1 saturated carbocycles. The van der Waals surface area contributed by atoms with Gasteiger partial charge in [-0.15, -0.1) is 0 Å². The summed E-state index contributed by atoms with van der Waals surface area (Å²) in [5, 5.41) is 1.28. The van der Waals surface area contributed by atoms with Crippen molar-refractivity contribution in [3.63, 3.8) is 0 Å². The molecule has 0 saturated heterocycles. The Balaban J connectivity index is 1.54. The van der Waals surface area contributed by atoms with Crippen molar-refractivity contribution >= 4 is 21.9 Å². The molecule has 1 nitrogen and oxygen atoms in total. The summed E-state index contributed by atoms with van der Waals surface area (Å²) >= 11 is 0. The zero-order valence-corrected chi connectivity index (χ0v) is 18.9. The van der Waals surface area contributed by atoms with Gasteiger partial charge in [0.05, 0.1) is 0 Å². The van der Waals surface area contributed by atoms with Crippen LogP contribution in [0, 0.1) is 17.6 Å². The minimum Gasteiger partial charge on any atom is -0.450 e. The lowest BCUT2D eigenvalue weighted by Crippen LogP contribution is -1.99. The van der Waals surface area contributed by atoms with Gasteiger partial charge in [0, 0.05) is 16.3 Å². The maximum absolute atomic E-state index is 15.5. The third-order valence-corrected chi connectivity index (χ3v) is 7.20. The molecule has 1 fully saturated rings. The Labute approximate surface area is 188 Å². The van der Waals surface area contributed by atoms with Crippen molar-refractivity contribution in [2.24, 2.45) is 5.92 Å². The number of benzene rings is 3. The molecule has 3 heteroatoms. The van der Waals surface area contributed by atoms with Gasteiger partial charge in [-0.05, 0) is 66.3 Å². The Bertz CT molecular complexity index is 1250. The Morgan fingerprint density at radius 2 is 1.53 bits per heavy atom. The van der Waals surface area contributed by atoms with Gasteiger partial charge in [0.1, 0.15) is 0 Å². The fourth-order valence-corrected chi connectivity index (χ4v) is 5.56. The van der Waals surface area contributed by atoms with E-state index in [-0.39, 0.29) is 22.9 Å². The van der Waals surface area contributed by atoms with Crippen LogP contribution in [-0.4, -0.2) is 0 Å². The van der Waals surface area contributed by atoms with Gasteiger partial charge in [-0.25, -0.2) is 8.78 Å². The fraction of sp³-hybridized carbons (Fsp3) is 0.379. The number of rotatable bonds is 6. The van der Waals surface area contributed by atoms with Gasteiger partial charge in [-0.2, -0.15) is 0 Å². The Hall–Kier alpha value is -2.68.